The number of aromatic nitrogens is 4. The topological polar surface area (TPSA) is 106 Å². The van der Waals surface area contributed by atoms with Crippen molar-refractivity contribution in [2.45, 2.75) is 12.8 Å². The lowest BCUT2D eigenvalue weighted by Gasteiger charge is -2.06. The summed E-state index contributed by atoms with van der Waals surface area (Å²) < 4.78 is 7.76. The number of anilines is 1. The number of nitrogens with zero attached hydrogens (tertiary/aromatic N) is 4. The number of aryl methyl sites for hydroxylation is 1. The van der Waals surface area contributed by atoms with Crippen molar-refractivity contribution in [2.24, 2.45) is 7.05 Å². The average molecular weight is 365 g/mol. The van der Waals surface area contributed by atoms with E-state index in [1.807, 2.05) is 41.9 Å². The molecule has 0 bridgehead atoms. The van der Waals surface area contributed by atoms with Crippen molar-refractivity contribution < 1.29 is 14.3 Å². The fourth-order valence-corrected chi connectivity index (χ4v) is 2.98. The van der Waals surface area contributed by atoms with Crippen molar-refractivity contribution in [1.82, 2.24) is 19.5 Å². The molecule has 8 nitrogen and oxygen atoms in total. The van der Waals surface area contributed by atoms with Crippen LogP contribution in [-0.4, -0.2) is 43.6 Å². The highest BCUT2D eigenvalue weighted by molar-refractivity contribution is 6.03. The van der Waals surface area contributed by atoms with E-state index in [2.05, 4.69) is 20.3 Å². The minimum Gasteiger partial charge on any atom is -0.418 e. The van der Waals surface area contributed by atoms with E-state index < -0.39 is 0 Å². The largest absolute Gasteiger partial charge is 0.418 e. The third-order valence-electron chi connectivity index (χ3n) is 4.32. The zero-order valence-corrected chi connectivity index (χ0v) is 14.8. The van der Waals surface area contributed by atoms with E-state index in [0.29, 0.717) is 41.4 Å². The van der Waals surface area contributed by atoms with Gasteiger partial charge in [0, 0.05) is 38.6 Å². The lowest BCUT2D eigenvalue weighted by molar-refractivity contribution is -0.119. The van der Waals surface area contributed by atoms with Crippen LogP contribution in [0, 0.1) is 0 Å². The van der Waals surface area contributed by atoms with Crippen molar-refractivity contribution in [3.05, 3.63) is 36.7 Å². The molecule has 0 saturated carbocycles. The lowest BCUT2D eigenvalue weighted by Crippen LogP contribution is -2.10. The number of Topliss-reactive ketones (excluding diaryl/α,β-unsaturated/α-hetero) is 1. The van der Waals surface area contributed by atoms with Crippen LogP contribution in [0.25, 0.3) is 33.7 Å². The van der Waals surface area contributed by atoms with E-state index in [9.17, 15) is 4.79 Å². The minimum atomic E-state index is -0.131. The monoisotopic (exact) mass is 365 g/mol. The van der Waals surface area contributed by atoms with Crippen LogP contribution >= 0.6 is 0 Å². The van der Waals surface area contributed by atoms with Gasteiger partial charge in [-0.25, -0.2) is 9.97 Å². The van der Waals surface area contributed by atoms with Gasteiger partial charge in [0.05, 0.1) is 6.33 Å². The van der Waals surface area contributed by atoms with Gasteiger partial charge >= 0.3 is 0 Å². The van der Waals surface area contributed by atoms with Crippen molar-refractivity contribution in [2.75, 3.05) is 18.5 Å². The Bertz CT molecular complexity index is 1100. The van der Waals surface area contributed by atoms with Crippen LogP contribution in [0.5, 0.6) is 0 Å². The second-order valence-corrected chi connectivity index (χ2v) is 6.24. The summed E-state index contributed by atoms with van der Waals surface area (Å²) in [6.45, 7) is 0.274. The van der Waals surface area contributed by atoms with Gasteiger partial charge in [0.25, 0.3) is 5.71 Å². The number of imidazole rings is 1. The normalized spacial score (nSPS) is 11.3. The summed E-state index contributed by atoms with van der Waals surface area (Å²) in [6.07, 6.45) is 2.17. The van der Waals surface area contributed by atoms with Gasteiger partial charge in [-0.2, -0.15) is 4.98 Å². The number of nitrogens with one attached hydrogen (secondary N) is 1. The van der Waals surface area contributed by atoms with Crippen LogP contribution in [0.15, 0.2) is 41.1 Å². The van der Waals surface area contributed by atoms with Crippen LogP contribution in [0.4, 0.5) is 5.82 Å². The first-order chi connectivity index (χ1) is 13.2. The van der Waals surface area contributed by atoms with Gasteiger partial charge in [-0.3, -0.25) is 4.79 Å². The third kappa shape index (κ3) is 3.26. The maximum atomic E-state index is 11.6. The molecular formula is C19H19N5O3. The Balaban J connectivity index is 1.72. The highest BCUT2D eigenvalue weighted by atomic mass is 16.4. The number of benzene rings is 1. The molecule has 0 unspecified atom stereocenters. The van der Waals surface area contributed by atoms with Crippen LogP contribution in [0.2, 0.25) is 0 Å². The molecule has 0 amide bonds. The number of hydrogen-bond acceptors (Lipinski definition) is 7. The second kappa shape index (κ2) is 7.16. The summed E-state index contributed by atoms with van der Waals surface area (Å²) in [6, 6.07) is 9.64. The number of fused-ring (bicyclic) bond motifs is 3. The van der Waals surface area contributed by atoms with Crippen LogP contribution in [0.1, 0.15) is 12.8 Å². The Hall–Kier alpha value is -3.26. The minimum absolute atomic E-state index is 0.00521. The molecule has 138 valence electrons. The predicted octanol–water partition coefficient (Wildman–Crippen LogP) is 2.53. The van der Waals surface area contributed by atoms with Crippen LogP contribution in [-0.2, 0) is 11.8 Å². The van der Waals surface area contributed by atoms with E-state index in [1.54, 1.807) is 6.33 Å². The maximum Gasteiger partial charge on any atom is 0.251 e. The molecular weight excluding hydrogens is 346 g/mol. The zero-order chi connectivity index (χ0) is 18.8. The number of carbonyl (C=O) groups excluding carboxylic acids is 1. The molecule has 0 aliphatic rings. The number of oxazole rings is 1. The third-order valence-corrected chi connectivity index (χ3v) is 4.32. The van der Waals surface area contributed by atoms with Gasteiger partial charge in [-0.05, 0) is 12.1 Å². The van der Waals surface area contributed by atoms with Crippen molar-refractivity contribution in [3.8, 4) is 11.5 Å². The van der Waals surface area contributed by atoms with Gasteiger partial charge in [0.15, 0.2) is 11.3 Å². The quantitative estimate of drug-likeness (QED) is 0.518. The molecule has 3 aromatic heterocycles. The van der Waals surface area contributed by atoms with Gasteiger partial charge in [-0.15, -0.1) is 0 Å². The summed E-state index contributed by atoms with van der Waals surface area (Å²) in [7, 11) is 1.89. The van der Waals surface area contributed by atoms with E-state index >= 15 is 0 Å². The first kappa shape index (κ1) is 17.2. The Morgan fingerprint density at radius 3 is 2.78 bits per heavy atom. The zero-order valence-electron chi connectivity index (χ0n) is 14.8. The standard InChI is InChI=1S/C19H19N5O3/c1-24-11-21-14-16(24)15-19(23-17(14)20-9-7-13(26)8-10-25)27-18(22-15)12-5-3-2-4-6-12/h2-6,11,25H,7-10H2,1H3,(H,20,23). The van der Waals surface area contributed by atoms with Gasteiger partial charge in [0.1, 0.15) is 16.8 Å². The summed E-state index contributed by atoms with van der Waals surface area (Å²) >= 11 is 0. The predicted molar refractivity (Wildman–Crippen MR) is 101 cm³/mol. The van der Waals surface area contributed by atoms with E-state index in [-0.39, 0.29) is 18.8 Å². The number of rotatable bonds is 7. The number of pyridine rings is 1. The number of ketones is 1. The molecule has 1 aromatic carbocycles. The van der Waals surface area contributed by atoms with E-state index in [1.165, 1.54) is 0 Å². The molecule has 4 rings (SSSR count). The first-order valence-electron chi connectivity index (χ1n) is 8.71. The molecule has 2 N–H and O–H groups in total. The summed E-state index contributed by atoms with van der Waals surface area (Å²) in [4.78, 5) is 25.2. The molecule has 0 aliphatic heterocycles. The van der Waals surface area contributed by atoms with E-state index in [4.69, 9.17) is 9.52 Å². The second-order valence-electron chi connectivity index (χ2n) is 6.24. The van der Waals surface area contributed by atoms with Crippen molar-refractivity contribution >= 4 is 33.9 Å². The molecule has 0 saturated heterocycles. The molecule has 8 heteroatoms. The number of aliphatic hydroxyl groups excluding tert-OH is 1. The van der Waals surface area contributed by atoms with Gasteiger partial charge in [-0.1, -0.05) is 18.2 Å². The molecule has 0 atom stereocenters. The number of hydrogen-bond donors (Lipinski definition) is 2. The van der Waals surface area contributed by atoms with Crippen molar-refractivity contribution in [1.29, 1.82) is 0 Å². The van der Waals surface area contributed by atoms with Gasteiger partial charge < -0.3 is 19.4 Å². The molecule has 4 aromatic rings. The van der Waals surface area contributed by atoms with Crippen molar-refractivity contribution in [3.63, 3.8) is 0 Å². The fraction of sp³-hybridized carbons (Fsp3) is 0.263. The average Bonchev–Trinajstić information content (AvgIpc) is 3.26. The SMILES string of the molecule is Cn1cnc2c(NCCC(=O)CCO)nc3oc(-c4ccccc4)nc3c21. The van der Waals surface area contributed by atoms with E-state index in [0.717, 1.165) is 11.1 Å². The summed E-state index contributed by atoms with van der Waals surface area (Å²) in [5.74, 6) is 1.04. The molecule has 0 fully saturated rings. The number of aliphatic hydroxyl groups is 1. The van der Waals surface area contributed by atoms with Gasteiger partial charge in [0.2, 0.25) is 5.89 Å². The summed E-state index contributed by atoms with van der Waals surface area (Å²) in [5, 5.41) is 12.0. The maximum absolute atomic E-state index is 11.6. The highest BCUT2D eigenvalue weighted by Gasteiger charge is 2.18. The lowest BCUT2D eigenvalue weighted by atomic mass is 10.2. The Morgan fingerprint density at radius 2 is 2.00 bits per heavy atom. The molecule has 0 spiro atoms. The summed E-state index contributed by atoms with van der Waals surface area (Å²) in [5.41, 5.74) is 3.41. The Morgan fingerprint density at radius 1 is 1.19 bits per heavy atom. The van der Waals surface area contributed by atoms with Crippen LogP contribution in [0.3, 0.4) is 0 Å². The highest BCUT2D eigenvalue weighted by Crippen LogP contribution is 2.31. The Labute approximate surface area is 154 Å². The smallest absolute Gasteiger partial charge is 0.251 e. The molecule has 27 heavy (non-hydrogen) atoms. The van der Waals surface area contributed by atoms with Crippen LogP contribution < -0.4 is 5.32 Å². The molecule has 0 radical (unpaired) electrons. The first-order valence-corrected chi connectivity index (χ1v) is 8.71. The molecule has 3 heterocycles. The number of carbonyl (C=O) groups is 1. The Kier molecular flexibility index (Phi) is 4.55. The molecule has 0 aliphatic carbocycles. The fourth-order valence-electron chi connectivity index (χ4n) is 2.98.